The smallest absolute Gasteiger partial charge is 0.131 e. The van der Waals surface area contributed by atoms with Crippen molar-refractivity contribution in [1.29, 1.82) is 0 Å². The first-order valence-electron chi connectivity index (χ1n) is 6.62. The molecule has 0 spiro atoms. The molecule has 0 aliphatic rings. The zero-order chi connectivity index (χ0) is 14.8. The van der Waals surface area contributed by atoms with Gasteiger partial charge in [0.2, 0.25) is 0 Å². The summed E-state index contributed by atoms with van der Waals surface area (Å²) in [5.41, 5.74) is 1.06. The maximum absolute atomic E-state index is 13.6. The monoisotopic (exact) mass is 285 g/mol. The van der Waals surface area contributed by atoms with Gasteiger partial charge in [0.15, 0.2) is 0 Å². The Balaban J connectivity index is 1.91. The maximum atomic E-state index is 13.6. The first-order chi connectivity index (χ1) is 10.1. The van der Waals surface area contributed by atoms with Gasteiger partial charge in [0, 0.05) is 17.5 Å². The standard InChI is InChI=1S/C17H13F2NO/c18-13-5-3-6-14(19)17(13)16(21)10-12-9-8-11-4-1-2-7-15(11)20-12/h1-9,16,21H,10H2. The van der Waals surface area contributed by atoms with Crippen LogP contribution in [0.5, 0.6) is 0 Å². The first kappa shape index (κ1) is 13.6. The van der Waals surface area contributed by atoms with E-state index < -0.39 is 17.7 Å². The van der Waals surface area contributed by atoms with Crippen molar-refractivity contribution < 1.29 is 13.9 Å². The summed E-state index contributed by atoms with van der Waals surface area (Å²) in [6.45, 7) is 0. The van der Waals surface area contributed by atoms with Gasteiger partial charge in [-0.2, -0.15) is 0 Å². The Morgan fingerprint density at radius 2 is 1.62 bits per heavy atom. The third-order valence-corrected chi connectivity index (χ3v) is 3.39. The van der Waals surface area contributed by atoms with Crippen LogP contribution in [0.2, 0.25) is 0 Å². The number of rotatable bonds is 3. The lowest BCUT2D eigenvalue weighted by molar-refractivity contribution is 0.167. The molecule has 1 aromatic heterocycles. The van der Waals surface area contributed by atoms with Crippen LogP contribution >= 0.6 is 0 Å². The van der Waals surface area contributed by atoms with Crippen molar-refractivity contribution >= 4 is 10.9 Å². The van der Waals surface area contributed by atoms with E-state index >= 15 is 0 Å². The number of aliphatic hydroxyl groups is 1. The van der Waals surface area contributed by atoms with Gasteiger partial charge in [-0.3, -0.25) is 4.98 Å². The third kappa shape index (κ3) is 2.76. The molecule has 2 aromatic carbocycles. The number of hydrogen-bond acceptors (Lipinski definition) is 2. The zero-order valence-corrected chi connectivity index (χ0v) is 11.1. The summed E-state index contributed by atoms with van der Waals surface area (Å²) in [4.78, 5) is 4.40. The number of aliphatic hydroxyl groups excluding tert-OH is 1. The molecule has 1 unspecified atom stereocenters. The minimum atomic E-state index is -1.26. The predicted molar refractivity (Wildman–Crippen MR) is 76.8 cm³/mol. The van der Waals surface area contributed by atoms with Gasteiger partial charge < -0.3 is 5.11 Å². The minimum Gasteiger partial charge on any atom is -0.388 e. The number of para-hydroxylation sites is 1. The Hall–Kier alpha value is -2.33. The summed E-state index contributed by atoms with van der Waals surface area (Å²) in [5, 5.41) is 11.1. The van der Waals surface area contributed by atoms with E-state index in [-0.39, 0.29) is 12.0 Å². The second kappa shape index (κ2) is 5.58. The largest absolute Gasteiger partial charge is 0.388 e. The van der Waals surface area contributed by atoms with Crippen LogP contribution in [0.3, 0.4) is 0 Å². The minimum absolute atomic E-state index is 0.0582. The summed E-state index contributed by atoms with van der Waals surface area (Å²) < 4.78 is 27.3. The Kier molecular flexibility index (Phi) is 3.62. The zero-order valence-electron chi connectivity index (χ0n) is 11.1. The second-order valence-corrected chi connectivity index (χ2v) is 4.85. The van der Waals surface area contributed by atoms with E-state index in [1.165, 1.54) is 6.07 Å². The molecule has 0 bridgehead atoms. The molecule has 0 radical (unpaired) electrons. The molecule has 3 aromatic rings. The second-order valence-electron chi connectivity index (χ2n) is 4.85. The van der Waals surface area contributed by atoms with Gasteiger partial charge in [-0.1, -0.05) is 30.3 Å². The number of halogens is 2. The Bertz CT molecular complexity index is 768. The third-order valence-electron chi connectivity index (χ3n) is 3.39. The highest BCUT2D eigenvalue weighted by atomic mass is 19.1. The van der Waals surface area contributed by atoms with Crippen LogP contribution in [-0.2, 0) is 6.42 Å². The summed E-state index contributed by atoms with van der Waals surface area (Å²) in [6.07, 6.45) is -1.21. The average molecular weight is 285 g/mol. The molecule has 1 atom stereocenters. The fraction of sp³-hybridized carbons (Fsp3) is 0.118. The molecule has 0 amide bonds. The van der Waals surface area contributed by atoms with Gasteiger partial charge in [0.1, 0.15) is 11.6 Å². The van der Waals surface area contributed by atoms with E-state index in [2.05, 4.69) is 4.98 Å². The van der Waals surface area contributed by atoms with Gasteiger partial charge in [0.05, 0.1) is 17.2 Å². The maximum Gasteiger partial charge on any atom is 0.131 e. The predicted octanol–water partition coefficient (Wildman–Crippen LogP) is 3.79. The Labute approximate surface area is 120 Å². The van der Waals surface area contributed by atoms with Crippen LogP contribution in [0.15, 0.2) is 54.6 Å². The van der Waals surface area contributed by atoms with E-state index in [1.54, 1.807) is 6.07 Å². The molecule has 1 N–H and O–H groups in total. The molecular weight excluding hydrogens is 272 g/mol. The molecule has 21 heavy (non-hydrogen) atoms. The lowest BCUT2D eigenvalue weighted by Crippen LogP contribution is -2.08. The SMILES string of the molecule is OC(Cc1ccc2ccccc2n1)c1c(F)cccc1F. The average Bonchev–Trinajstić information content (AvgIpc) is 2.47. The van der Waals surface area contributed by atoms with E-state index in [4.69, 9.17) is 0 Å². The highest BCUT2D eigenvalue weighted by Gasteiger charge is 2.18. The van der Waals surface area contributed by atoms with Gasteiger partial charge in [-0.15, -0.1) is 0 Å². The van der Waals surface area contributed by atoms with Crippen LogP contribution in [0, 0.1) is 11.6 Å². The van der Waals surface area contributed by atoms with Crippen molar-refractivity contribution in [1.82, 2.24) is 4.98 Å². The summed E-state index contributed by atoms with van der Waals surface area (Å²) >= 11 is 0. The number of benzene rings is 2. The van der Waals surface area contributed by atoms with E-state index in [9.17, 15) is 13.9 Å². The molecule has 106 valence electrons. The Morgan fingerprint density at radius 1 is 0.905 bits per heavy atom. The number of fused-ring (bicyclic) bond motifs is 1. The molecule has 0 fully saturated rings. The van der Waals surface area contributed by atoms with Gasteiger partial charge in [0.25, 0.3) is 0 Å². The molecular formula is C17H13F2NO. The fourth-order valence-electron chi connectivity index (χ4n) is 2.35. The number of pyridine rings is 1. The van der Waals surface area contributed by atoms with E-state index in [0.717, 1.165) is 23.0 Å². The van der Waals surface area contributed by atoms with E-state index in [1.807, 2.05) is 30.3 Å². The topological polar surface area (TPSA) is 33.1 Å². The number of hydrogen-bond donors (Lipinski definition) is 1. The van der Waals surface area contributed by atoms with E-state index in [0.29, 0.717) is 5.69 Å². The lowest BCUT2D eigenvalue weighted by Gasteiger charge is -2.13. The molecule has 0 aliphatic carbocycles. The van der Waals surface area contributed by atoms with Crippen molar-refractivity contribution in [2.24, 2.45) is 0 Å². The number of aromatic nitrogens is 1. The molecule has 4 heteroatoms. The summed E-state index contributed by atoms with van der Waals surface area (Å²) in [6, 6.07) is 14.7. The van der Waals surface area contributed by atoms with Crippen molar-refractivity contribution in [3.8, 4) is 0 Å². The van der Waals surface area contributed by atoms with Crippen molar-refractivity contribution in [2.45, 2.75) is 12.5 Å². The first-order valence-corrected chi connectivity index (χ1v) is 6.62. The molecule has 3 rings (SSSR count). The summed E-state index contributed by atoms with van der Waals surface area (Å²) in [7, 11) is 0. The van der Waals surface area contributed by atoms with Crippen molar-refractivity contribution in [3.63, 3.8) is 0 Å². The van der Waals surface area contributed by atoms with Crippen LogP contribution in [0.25, 0.3) is 10.9 Å². The quantitative estimate of drug-likeness (QED) is 0.794. The van der Waals surface area contributed by atoms with Crippen LogP contribution < -0.4 is 0 Å². The van der Waals surface area contributed by atoms with Crippen molar-refractivity contribution in [3.05, 3.63) is 77.5 Å². The highest BCUT2D eigenvalue weighted by Crippen LogP contribution is 2.24. The van der Waals surface area contributed by atoms with Crippen molar-refractivity contribution in [2.75, 3.05) is 0 Å². The van der Waals surface area contributed by atoms with Gasteiger partial charge in [-0.05, 0) is 24.3 Å². The molecule has 2 nitrogen and oxygen atoms in total. The fourth-order valence-corrected chi connectivity index (χ4v) is 2.35. The summed E-state index contributed by atoms with van der Waals surface area (Å²) in [5.74, 6) is -1.49. The molecule has 0 saturated heterocycles. The molecule has 1 heterocycles. The molecule has 0 saturated carbocycles. The number of nitrogens with zero attached hydrogens (tertiary/aromatic N) is 1. The highest BCUT2D eigenvalue weighted by molar-refractivity contribution is 5.78. The van der Waals surface area contributed by atoms with Gasteiger partial charge in [-0.25, -0.2) is 8.78 Å². The van der Waals surface area contributed by atoms with Crippen LogP contribution in [0.1, 0.15) is 17.4 Å². The van der Waals surface area contributed by atoms with Crippen LogP contribution in [0.4, 0.5) is 8.78 Å². The van der Waals surface area contributed by atoms with Gasteiger partial charge >= 0.3 is 0 Å². The molecule has 0 aliphatic heterocycles. The Morgan fingerprint density at radius 3 is 2.38 bits per heavy atom. The lowest BCUT2D eigenvalue weighted by atomic mass is 10.0. The normalized spacial score (nSPS) is 12.5. The van der Waals surface area contributed by atoms with Crippen LogP contribution in [-0.4, -0.2) is 10.1 Å².